The summed E-state index contributed by atoms with van der Waals surface area (Å²) >= 11 is 1.23. The van der Waals surface area contributed by atoms with Gasteiger partial charge >= 0.3 is 5.97 Å². The third kappa shape index (κ3) is 3.47. The average molecular weight is 297 g/mol. The standard InChI is InChI=1S/C13H19N3O3S/c1-8-11(20-13(14)15-8)12(19)16-6-4-9(5-7-16)2-3-10(17)18/h9H,2-7H2,1H3,(H2,14,15)(H,17,18). The molecule has 0 aromatic carbocycles. The van der Waals surface area contributed by atoms with Crippen LogP contribution in [0.5, 0.6) is 0 Å². The summed E-state index contributed by atoms with van der Waals surface area (Å²) in [6, 6.07) is 0. The van der Waals surface area contributed by atoms with E-state index in [4.69, 9.17) is 10.8 Å². The van der Waals surface area contributed by atoms with Gasteiger partial charge in [0, 0.05) is 19.5 Å². The lowest BCUT2D eigenvalue weighted by Crippen LogP contribution is -2.38. The number of rotatable bonds is 4. The van der Waals surface area contributed by atoms with Crippen molar-refractivity contribution in [2.24, 2.45) is 5.92 Å². The quantitative estimate of drug-likeness (QED) is 0.882. The molecule has 2 heterocycles. The van der Waals surface area contributed by atoms with Crippen LogP contribution in [0.3, 0.4) is 0 Å². The molecular weight excluding hydrogens is 278 g/mol. The largest absolute Gasteiger partial charge is 0.481 e. The molecule has 1 fully saturated rings. The molecule has 3 N–H and O–H groups in total. The zero-order valence-corrected chi connectivity index (χ0v) is 12.3. The number of carboxylic acid groups (broad SMARTS) is 1. The maximum Gasteiger partial charge on any atom is 0.303 e. The minimum Gasteiger partial charge on any atom is -0.481 e. The summed E-state index contributed by atoms with van der Waals surface area (Å²) in [5, 5.41) is 9.10. The predicted molar refractivity (Wildman–Crippen MR) is 76.8 cm³/mol. The van der Waals surface area contributed by atoms with E-state index in [9.17, 15) is 9.59 Å². The summed E-state index contributed by atoms with van der Waals surface area (Å²) in [6.07, 6.45) is 2.64. The van der Waals surface area contributed by atoms with Crippen LogP contribution >= 0.6 is 11.3 Å². The first-order chi connectivity index (χ1) is 9.47. The van der Waals surface area contributed by atoms with E-state index < -0.39 is 5.97 Å². The van der Waals surface area contributed by atoms with Gasteiger partial charge in [-0.2, -0.15) is 0 Å². The lowest BCUT2D eigenvalue weighted by molar-refractivity contribution is -0.137. The van der Waals surface area contributed by atoms with Gasteiger partial charge in [-0.3, -0.25) is 9.59 Å². The number of carbonyl (C=O) groups is 2. The van der Waals surface area contributed by atoms with Crippen LogP contribution in [0.2, 0.25) is 0 Å². The van der Waals surface area contributed by atoms with Gasteiger partial charge < -0.3 is 15.7 Å². The van der Waals surface area contributed by atoms with Crippen molar-refractivity contribution < 1.29 is 14.7 Å². The number of nitrogens with zero attached hydrogens (tertiary/aromatic N) is 2. The minimum absolute atomic E-state index is 0.00613. The van der Waals surface area contributed by atoms with Crippen molar-refractivity contribution in [2.75, 3.05) is 18.8 Å². The Morgan fingerprint density at radius 1 is 1.45 bits per heavy atom. The van der Waals surface area contributed by atoms with Crippen LogP contribution in [0.1, 0.15) is 41.0 Å². The normalized spacial score (nSPS) is 16.4. The molecule has 0 unspecified atom stereocenters. The number of hydrogen-bond donors (Lipinski definition) is 2. The Labute approximate surface area is 121 Å². The van der Waals surface area contributed by atoms with Gasteiger partial charge in [-0.05, 0) is 32.1 Å². The van der Waals surface area contributed by atoms with Crippen LogP contribution in [0.4, 0.5) is 5.13 Å². The Kier molecular flexibility index (Phi) is 4.59. The first-order valence-electron chi connectivity index (χ1n) is 6.71. The lowest BCUT2D eigenvalue weighted by atomic mass is 9.92. The Hall–Kier alpha value is -1.63. The van der Waals surface area contributed by atoms with Crippen molar-refractivity contribution in [3.05, 3.63) is 10.6 Å². The Morgan fingerprint density at radius 3 is 2.60 bits per heavy atom. The highest BCUT2D eigenvalue weighted by atomic mass is 32.1. The molecule has 1 aromatic rings. The molecule has 1 saturated heterocycles. The van der Waals surface area contributed by atoms with E-state index in [-0.39, 0.29) is 12.3 Å². The summed E-state index contributed by atoms with van der Waals surface area (Å²) in [4.78, 5) is 29.4. The number of nitrogens with two attached hydrogens (primary N) is 1. The summed E-state index contributed by atoms with van der Waals surface area (Å²) in [5.74, 6) is -0.351. The fourth-order valence-electron chi connectivity index (χ4n) is 2.51. The van der Waals surface area contributed by atoms with E-state index in [0.717, 1.165) is 12.8 Å². The van der Waals surface area contributed by atoms with E-state index in [1.165, 1.54) is 11.3 Å². The van der Waals surface area contributed by atoms with Gasteiger partial charge in [0.1, 0.15) is 4.88 Å². The van der Waals surface area contributed by atoms with Crippen molar-refractivity contribution in [2.45, 2.75) is 32.6 Å². The molecule has 0 radical (unpaired) electrons. The maximum absolute atomic E-state index is 12.4. The molecule has 2 rings (SSSR count). The third-order valence-electron chi connectivity index (χ3n) is 3.68. The topological polar surface area (TPSA) is 96.5 Å². The molecule has 0 spiro atoms. The van der Waals surface area contributed by atoms with Gasteiger partial charge in [0.15, 0.2) is 5.13 Å². The lowest BCUT2D eigenvalue weighted by Gasteiger charge is -2.31. The van der Waals surface area contributed by atoms with Crippen molar-refractivity contribution in [3.8, 4) is 0 Å². The van der Waals surface area contributed by atoms with Crippen LogP contribution < -0.4 is 5.73 Å². The van der Waals surface area contributed by atoms with Gasteiger partial charge in [-0.15, -0.1) is 0 Å². The summed E-state index contributed by atoms with van der Waals surface area (Å²) in [6.45, 7) is 3.15. The van der Waals surface area contributed by atoms with Crippen molar-refractivity contribution in [3.63, 3.8) is 0 Å². The number of nitrogen functional groups attached to an aromatic ring is 1. The number of carboxylic acids is 1. The Balaban J connectivity index is 1.89. The molecule has 1 aliphatic heterocycles. The monoisotopic (exact) mass is 297 g/mol. The molecule has 1 amide bonds. The van der Waals surface area contributed by atoms with E-state index in [0.29, 0.717) is 41.1 Å². The zero-order valence-electron chi connectivity index (χ0n) is 11.5. The summed E-state index contributed by atoms with van der Waals surface area (Å²) in [7, 11) is 0. The molecule has 1 aliphatic rings. The SMILES string of the molecule is Cc1nc(N)sc1C(=O)N1CCC(CCC(=O)O)CC1. The molecule has 0 saturated carbocycles. The number of piperidine rings is 1. The molecule has 1 aromatic heterocycles. The molecule has 6 nitrogen and oxygen atoms in total. The van der Waals surface area contributed by atoms with Gasteiger partial charge in [-0.1, -0.05) is 11.3 Å². The average Bonchev–Trinajstić information content (AvgIpc) is 2.75. The summed E-state index contributed by atoms with van der Waals surface area (Å²) < 4.78 is 0. The number of aromatic nitrogens is 1. The van der Waals surface area contributed by atoms with Crippen LogP contribution in [-0.2, 0) is 4.79 Å². The van der Waals surface area contributed by atoms with Gasteiger partial charge in [0.25, 0.3) is 5.91 Å². The van der Waals surface area contributed by atoms with Gasteiger partial charge in [-0.25, -0.2) is 4.98 Å². The number of anilines is 1. The van der Waals surface area contributed by atoms with Crippen molar-refractivity contribution in [1.82, 2.24) is 9.88 Å². The molecule has 20 heavy (non-hydrogen) atoms. The highest BCUT2D eigenvalue weighted by Crippen LogP contribution is 2.26. The smallest absolute Gasteiger partial charge is 0.303 e. The van der Waals surface area contributed by atoms with Crippen LogP contribution in [-0.4, -0.2) is 40.0 Å². The second-order valence-electron chi connectivity index (χ2n) is 5.13. The van der Waals surface area contributed by atoms with Crippen molar-refractivity contribution >= 4 is 28.3 Å². The van der Waals surface area contributed by atoms with Crippen molar-refractivity contribution in [1.29, 1.82) is 0 Å². The molecule has 110 valence electrons. The number of likely N-dealkylation sites (tertiary alicyclic amines) is 1. The molecule has 0 atom stereocenters. The highest BCUT2D eigenvalue weighted by Gasteiger charge is 2.26. The highest BCUT2D eigenvalue weighted by molar-refractivity contribution is 7.17. The molecule has 0 bridgehead atoms. The second kappa shape index (κ2) is 6.21. The zero-order chi connectivity index (χ0) is 14.7. The second-order valence-corrected chi connectivity index (χ2v) is 6.17. The summed E-state index contributed by atoms with van der Waals surface area (Å²) in [5.41, 5.74) is 6.30. The number of carbonyl (C=O) groups excluding carboxylic acids is 1. The number of aliphatic carboxylic acids is 1. The molecular formula is C13H19N3O3S. The number of hydrogen-bond acceptors (Lipinski definition) is 5. The Bertz CT molecular complexity index is 507. The predicted octanol–water partition coefficient (Wildman–Crippen LogP) is 1.75. The van der Waals surface area contributed by atoms with E-state index in [2.05, 4.69) is 4.98 Å². The maximum atomic E-state index is 12.4. The first kappa shape index (κ1) is 14.8. The van der Waals surface area contributed by atoms with Gasteiger partial charge in [0.2, 0.25) is 0 Å². The minimum atomic E-state index is -0.751. The van der Waals surface area contributed by atoms with Crippen LogP contribution in [0.15, 0.2) is 0 Å². The van der Waals surface area contributed by atoms with Crippen LogP contribution in [0.25, 0.3) is 0 Å². The fourth-order valence-corrected chi connectivity index (χ4v) is 3.31. The van der Waals surface area contributed by atoms with Crippen LogP contribution in [0, 0.1) is 12.8 Å². The van der Waals surface area contributed by atoms with E-state index in [1.807, 2.05) is 4.90 Å². The Morgan fingerprint density at radius 2 is 2.10 bits per heavy atom. The van der Waals surface area contributed by atoms with E-state index in [1.54, 1.807) is 6.92 Å². The first-order valence-corrected chi connectivity index (χ1v) is 7.53. The number of thiazole rings is 1. The third-order valence-corrected chi connectivity index (χ3v) is 4.65. The molecule has 0 aliphatic carbocycles. The number of amides is 1. The van der Waals surface area contributed by atoms with Gasteiger partial charge in [0.05, 0.1) is 5.69 Å². The fraction of sp³-hybridized carbons (Fsp3) is 0.615. The number of aryl methyl sites for hydroxylation is 1. The van der Waals surface area contributed by atoms with E-state index >= 15 is 0 Å². The molecule has 7 heteroatoms.